The van der Waals surface area contributed by atoms with E-state index in [0.29, 0.717) is 6.07 Å². The van der Waals surface area contributed by atoms with Crippen LogP contribution < -0.4 is 0 Å². The molecule has 1 rings (SSSR count). The van der Waals surface area contributed by atoms with Crippen LogP contribution in [0, 0.1) is 0 Å². The number of hydrogen-bond acceptors (Lipinski definition) is 3. The summed E-state index contributed by atoms with van der Waals surface area (Å²) in [7, 11) is -3.48. The monoisotopic (exact) mass is 296 g/mol. The molecule has 8 heteroatoms. The number of hydrogen-bond donors (Lipinski definition) is 1. The van der Waals surface area contributed by atoms with Crippen LogP contribution in [-0.2, 0) is 21.8 Å². The summed E-state index contributed by atoms with van der Waals surface area (Å²) >= 11 is 0. The molecule has 106 valence electrons. The highest BCUT2D eigenvalue weighted by atomic mass is 32.2. The largest absolute Gasteiger partial charge is 0.478 e. The first-order valence-corrected chi connectivity index (χ1v) is 7.03. The van der Waals surface area contributed by atoms with Crippen molar-refractivity contribution in [3.63, 3.8) is 0 Å². The highest BCUT2D eigenvalue weighted by molar-refractivity contribution is 7.90. The molecule has 1 aromatic rings. The maximum Gasteiger partial charge on any atom is 0.417 e. The Morgan fingerprint density at radius 2 is 1.89 bits per heavy atom. The lowest BCUT2D eigenvalue weighted by Crippen LogP contribution is -2.14. The zero-order valence-electron chi connectivity index (χ0n) is 9.86. The average molecular weight is 296 g/mol. The molecule has 19 heavy (non-hydrogen) atoms. The van der Waals surface area contributed by atoms with E-state index in [2.05, 4.69) is 0 Å². The van der Waals surface area contributed by atoms with Gasteiger partial charge in [0.25, 0.3) is 0 Å². The van der Waals surface area contributed by atoms with Gasteiger partial charge in [0.1, 0.15) is 0 Å². The molecule has 0 spiro atoms. The number of aromatic carboxylic acids is 1. The number of sulfone groups is 1. The van der Waals surface area contributed by atoms with E-state index >= 15 is 0 Å². The van der Waals surface area contributed by atoms with Gasteiger partial charge in [-0.2, -0.15) is 13.2 Å². The zero-order valence-corrected chi connectivity index (χ0v) is 10.7. The van der Waals surface area contributed by atoms with Crippen molar-refractivity contribution in [2.45, 2.75) is 18.9 Å². The van der Waals surface area contributed by atoms with Crippen molar-refractivity contribution in [3.8, 4) is 0 Å². The lowest BCUT2D eigenvalue weighted by Gasteiger charge is -2.12. The third-order valence-electron chi connectivity index (χ3n) is 2.45. The first-order valence-electron chi connectivity index (χ1n) is 5.20. The number of carboxylic acids is 1. The predicted molar refractivity (Wildman–Crippen MR) is 61.6 cm³/mol. The normalized spacial score (nSPS) is 12.4. The summed E-state index contributed by atoms with van der Waals surface area (Å²) < 4.78 is 60.8. The maximum atomic E-state index is 12.7. The van der Waals surface area contributed by atoms with Gasteiger partial charge in [0.15, 0.2) is 9.84 Å². The Morgan fingerprint density at radius 3 is 2.32 bits per heavy atom. The minimum atomic E-state index is -4.85. The topological polar surface area (TPSA) is 71.4 Å². The molecule has 0 unspecified atom stereocenters. The van der Waals surface area contributed by atoms with Crippen LogP contribution in [0.5, 0.6) is 0 Å². The van der Waals surface area contributed by atoms with Crippen molar-refractivity contribution < 1.29 is 31.5 Å². The second-order valence-corrected chi connectivity index (χ2v) is 6.21. The summed E-state index contributed by atoms with van der Waals surface area (Å²) in [6.07, 6.45) is -4.85. The summed E-state index contributed by atoms with van der Waals surface area (Å²) in [4.78, 5) is 10.7. The van der Waals surface area contributed by atoms with E-state index in [4.69, 9.17) is 5.11 Å². The molecule has 0 aliphatic heterocycles. The Morgan fingerprint density at radius 1 is 1.32 bits per heavy atom. The Balaban J connectivity index is 3.31. The Labute approximate surface area is 107 Å². The Bertz CT molecular complexity index is 590. The van der Waals surface area contributed by atoms with Crippen LogP contribution in [0.3, 0.4) is 0 Å². The third-order valence-corrected chi connectivity index (χ3v) is 4.10. The first-order chi connectivity index (χ1) is 8.57. The highest BCUT2D eigenvalue weighted by Crippen LogP contribution is 2.33. The molecule has 0 saturated heterocycles. The molecule has 0 atom stereocenters. The molecule has 0 radical (unpaired) electrons. The van der Waals surface area contributed by atoms with Gasteiger partial charge >= 0.3 is 12.1 Å². The van der Waals surface area contributed by atoms with E-state index in [-0.39, 0.29) is 11.3 Å². The SMILES string of the molecule is CCS(=O)(=O)Cc1ccc(C(=O)O)c(C(F)(F)F)c1. The van der Waals surface area contributed by atoms with Gasteiger partial charge in [0, 0.05) is 5.75 Å². The van der Waals surface area contributed by atoms with Crippen molar-refractivity contribution in [2.75, 3.05) is 5.75 Å². The number of alkyl halides is 3. The molecule has 0 amide bonds. The van der Waals surface area contributed by atoms with Gasteiger partial charge in [-0.05, 0) is 17.7 Å². The van der Waals surface area contributed by atoms with E-state index in [1.807, 2.05) is 0 Å². The van der Waals surface area contributed by atoms with Crippen molar-refractivity contribution in [1.82, 2.24) is 0 Å². The first kappa shape index (κ1) is 15.5. The fourth-order valence-electron chi connectivity index (χ4n) is 1.46. The zero-order chi connectivity index (χ0) is 14.8. The van der Waals surface area contributed by atoms with Gasteiger partial charge < -0.3 is 5.11 Å². The molecule has 0 fully saturated rings. The smallest absolute Gasteiger partial charge is 0.417 e. The van der Waals surface area contributed by atoms with Crippen LogP contribution >= 0.6 is 0 Å². The summed E-state index contributed by atoms with van der Waals surface area (Å²) in [5.74, 6) is -2.46. The highest BCUT2D eigenvalue weighted by Gasteiger charge is 2.35. The molecule has 4 nitrogen and oxygen atoms in total. The molecular weight excluding hydrogens is 285 g/mol. The van der Waals surface area contributed by atoms with Crippen molar-refractivity contribution in [3.05, 3.63) is 34.9 Å². The number of carboxylic acid groups (broad SMARTS) is 1. The summed E-state index contributed by atoms with van der Waals surface area (Å²) in [5, 5.41) is 8.68. The minimum Gasteiger partial charge on any atom is -0.478 e. The van der Waals surface area contributed by atoms with Gasteiger partial charge in [0.05, 0.1) is 16.9 Å². The molecule has 0 bridgehead atoms. The average Bonchev–Trinajstić information content (AvgIpc) is 2.27. The number of rotatable bonds is 4. The molecule has 1 N–H and O–H groups in total. The van der Waals surface area contributed by atoms with E-state index in [9.17, 15) is 26.4 Å². The second-order valence-electron chi connectivity index (χ2n) is 3.86. The quantitative estimate of drug-likeness (QED) is 0.925. The van der Waals surface area contributed by atoms with Gasteiger partial charge in [-0.3, -0.25) is 0 Å². The van der Waals surface area contributed by atoms with Crippen LogP contribution in [0.25, 0.3) is 0 Å². The van der Waals surface area contributed by atoms with Crippen LogP contribution in [0.4, 0.5) is 13.2 Å². The summed E-state index contributed by atoms with van der Waals surface area (Å²) in [5.41, 5.74) is -2.33. The molecule has 0 aliphatic rings. The standard InChI is InChI=1S/C11H11F3O4S/c1-2-19(17,18)6-7-3-4-8(10(15)16)9(5-7)11(12,13)14/h3-5H,2,6H2,1H3,(H,15,16). The van der Waals surface area contributed by atoms with Gasteiger partial charge in [0.2, 0.25) is 0 Å². The van der Waals surface area contributed by atoms with Crippen LogP contribution in [0.1, 0.15) is 28.4 Å². The van der Waals surface area contributed by atoms with Gasteiger partial charge in [-0.15, -0.1) is 0 Å². The lowest BCUT2D eigenvalue weighted by atomic mass is 10.0. The fourth-order valence-corrected chi connectivity index (χ4v) is 2.35. The van der Waals surface area contributed by atoms with E-state index in [1.165, 1.54) is 6.92 Å². The molecule has 0 saturated carbocycles. The maximum absolute atomic E-state index is 12.7. The van der Waals surface area contributed by atoms with Crippen LogP contribution in [0.15, 0.2) is 18.2 Å². The van der Waals surface area contributed by atoms with Crippen molar-refractivity contribution in [1.29, 1.82) is 0 Å². The number of halogens is 3. The minimum absolute atomic E-state index is 0.0841. The van der Waals surface area contributed by atoms with E-state index in [0.717, 1.165) is 12.1 Å². The molecule has 1 aromatic carbocycles. The van der Waals surface area contributed by atoms with E-state index in [1.54, 1.807) is 0 Å². The predicted octanol–water partition coefficient (Wildman–Crippen LogP) is 2.34. The molecule has 0 aromatic heterocycles. The van der Waals surface area contributed by atoms with Crippen molar-refractivity contribution in [2.24, 2.45) is 0 Å². The third kappa shape index (κ3) is 3.95. The molecule has 0 aliphatic carbocycles. The summed E-state index contributed by atoms with van der Waals surface area (Å²) in [6, 6.07) is 2.41. The van der Waals surface area contributed by atoms with Crippen LogP contribution in [0.2, 0.25) is 0 Å². The Hall–Kier alpha value is -1.57. The van der Waals surface area contributed by atoms with Crippen LogP contribution in [-0.4, -0.2) is 25.2 Å². The lowest BCUT2D eigenvalue weighted by molar-refractivity contribution is -0.138. The Kier molecular flexibility index (Phi) is 4.24. The number of benzene rings is 1. The van der Waals surface area contributed by atoms with Gasteiger partial charge in [-0.25, -0.2) is 13.2 Å². The summed E-state index contributed by atoms with van der Waals surface area (Å²) in [6.45, 7) is 1.38. The van der Waals surface area contributed by atoms with Crippen molar-refractivity contribution >= 4 is 15.8 Å². The molecular formula is C11H11F3O4S. The fraction of sp³-hybridized carbons (Fsp3) is 0.364. The number of carbonyl (C=O) groups is 1. The second kappa shape index (κ2) is 5.20. The molecule has 0 heterocycles. The van der Waals surface area contributed by atoms with E-state index < -0.39 is 38.9 Å². The van der Waals surface area contributed by atoms with Gasteiger partial charge in [-0.1, -0.05) is 13.0 Å².